The van der Waals surface area contributed by atoms with Crippen molar-refractivity contribution < 1.29 is 53.3 Å². The van der Waals surface area contributed by atoms with Gasteiger partial charge in [0, 0.05) is 57.0 Å². The van der Waals surface area contributed by atoms with Crippen LogP contribution < -0.4 is 0 Å². The number of likely N-dealkylation sites (N-methyl/N-ethyl adjacent to an activating group) is 2. The fourth-order valence-electron chi connectivity index (χ4n) is 10.7. The summed E-state index contributed by atoms with van der Waals surface area (Å²) in [5, 5.41) is 35.5. The molecule has 3 aliphatic heterocycles. The van der Waals surface area contributed by atoms with Crippen LogP contribution in [0.1, 0.15) is 123 Å². The molecule has 1 unspecified atom stereocenters. The van der Waals surface area contributed by atoms with Crippen molar-refractivity contribution in [3.05, 3.63) is 0 Å². The number of carbonyl (C=O) groups is 2. The molecule has 58 heavy (non-hydrogen) atoms. The van der Waals surface area contributed by atoms with Crippen molar-refractivity contribution in [2.45, 2.75) is 202 Å². The normalized spacial score (nSPS) is 43.1. The fourth-order valence-corrected chi connectivity index (χ4v) is 10.7. The first-order valence-corrected chi connectivity index (χ1v) is 22.0. The van der Waals surface area contributed by atoms with Gasteiger partial charge in [0.25, 0.3) is 0 Å². The summed E-state index contributed by atoms with van der Waals surface area (Å²) in [6.45, 7) is 27.8. The van der Waals surface area contributed by atoms with Crippen LogP contribution in [0.5, 0.6) is 0 Å². The molecule has 0 aromatic rings. The van der Waals surface area contributed by atoms with Crippen LogP contribution in [0.4, 0.5) is 0 Å². The number of nitrogens with zero attached hydrogens (tertiary/aromatic N) is 2. The topological polar surface area (TPSA) is 157 Å². The van der Waals surface area contributed by atoms with Crippen molar-refractivity contribution in [3.8, 4) is 0 Å². The smallest absolute Gasteiger partial charge is 0.309 e. The van der Waals surface area contributed by atoms with Crippen LogP contribution in [0.25, 0.3) is 0 Å². The predicted molar refractivity (Wildman–Crippen MR) is 224 cm³/mol. The summed E-state index contributed by atoms with van der Waals surface area (Å²) in [7, 11) is 6.97. The highest BCUT2D eigenvalue weighted by molar-refractivity contribution is 5.76. The Kier molecular flexibility index (Phi) is 17.7. The van der Waals surface area contributed by atoms with Crippen LogP contribution in [-0.4, -0.2) is 151 Å². The summed E-state index contributed by atoms with van der Waals surface area (Å²) in [5.74, 6) is -2.89. The predicted octanol–water partition coefficient (Wildman–Crippen LogP) is 5.29. The SMILES string of the molecule is CC[C@H]1OC(=O)[C@H](C)[C@@H](C2C[C@@](C)(OC)[C@@H](O)[C@H](C)O2)[C@H](C)[C@@H](O[C@@H]2O[C@H](C)C[C@H](N(C)C(C)C)[C@H]2O)C(C)(C)C[C@@H](C)[C@H](OCC(=O)N(C)C)[C@H](C)[C@@H](O)C1(C)C. The number of rotatable bonds is 10. The van der Waals surface area contributed by atoms with Crippen LogP contribution in [0.15, 0.2) is 0 Å². The molecule has 0 saturated carbocycles. The van der Waals surface area contributed by atoms with E-state index in [4.69, 9.17) is 28.4 Å². The van der Waals surface area contributed by atoms with Gasteiger partial charge >= 0.3 is 5.97 Å². The largest absolute Gasteiger partial charge is 0.461 e. The minimum Gasteiger partial charge on any atom is -0.461 e. The van der Waals surface area contributed by atoms with E-state index in [1.54, 1.807) is 21.2 Å². The average molecular weight is 829 g/mol. The molecule has 340 valence electrons. The Bertz CT molecular complexity index is 1330. The van der Waals surface area contributed by atoms with E-state index >= 15 is 0 Å². The molecule has 3 saturated heterocycles. The van der Waals surface area contributed by atoms with Crippen molar-refractivity contribution in [1.82, 2.24) is 9.80 Å². The Morgan fingerprint density at radius 1 is 0.914 bits per heavy atom. The molecule has 0 bridgehead atoms. The van der Waals surface area contributed by atoms with E-state index in [1.165, 1.54) is 4.90 Å². The standard InChI is InChI=1S/C45H84N2O11/c1-19-33-44(12,13)38(50)29(8)37(54-23-34(48)46(15)16)25(4)21-43(10,11)40(58-42-36(49)31(20-26(5)55-42)47(17)24(2)3)27(6)35(28(7)41(52)57-33)32-22-45(14,53-18)39(51)30(9)56-32/h24-33,35-40,42,49-51H,19-23H2,1-18H3/t25-,26-,27+,28-,29+,30+,31+,32?,33-,35+,36-,37+,38-,39+,40-,42+,45-/m1/s1. The van der Waals surface area contributed by atoms with E-state index in [-0.39, 0.29) is 36.6 Å². The Hall–Kier alpha value is -1.42. The molecule has 3 aliphatic rings. The molecule has 1 amide bonds. The number of carbonyl (C=O) groups excluding carboxylic acids is 2. The zero-order valence-electron chi connectivity index (χ0n) is 39.4. The first-order valence-electron chi connectivity index (χ1n) is 22.0. The van der Waals surface area contributed by atoms with Crippen molar-refractivity contribution in [1.29, 1.82) is 0 Å². The molecular weight excluding hydrogens is 744 g/mol. The Morgan fingerprint density at radius 3 is 2.05 bits per heavy atom. The van der Waals surface area contributed by atoms with Gasteiger partial charge in [-0.3, -0.25) is 14.5 Å². The number of cyclic esters (lactones) is 1. The lowest BCUT2D eigenvalue weighted by Crippen LogP contribution is -2.61. The number of aliphatic hydroxyl groups is 3. The molecule has 17 atom stereocenters. The van der Waals surface area contributed by atoms with E-state index in [1.807, 2.05) is 62.4 Å². The number of ether oxygens (including phenoxy) is 6. The van der Waals surface area contributed by atoms with Gasteiger partial charge in [0.2, 0.25) is 5.91 Å². The second-order valence-electron chi connectivity index (χ2n) is 20.4. The van der Waals surface area contributed by atoms with Crippen molar-refractivity contribution in [2.75, 3.05) is 34.9 Å². The van der Waals surface area contributed by atoms with Crippen molar-refractivity contribution in [3.63, 3.8) is 0 Å². The zero-order valence-corrected chi connectivity index (χ0v) is 39.4. The lowest BCUT2D eigenvalue weighted by molar-refractivity contribution is -0.296. The van der Waals surface area contributed by atoms with Gasteiger partial charge in [0.05, 0.1) is 48.1 Å². The molecule has 3 fully saturated rings. The molecule has 3 N–H and O–H groups in total. The summed E-state index contributed by atoms with van der Waals surface area (Å²) >= 11 is 0. The molecule has 0 radical (unpaired) electrons. The maximum atomic E-state index is 14.7. The van der Waals surface area contributed by atoms with E-state index in [0.717, 1.165) is 0 Å². The summed E-state index contributed by atoms with van der Waals surface area (Å²) < 4.78 is 39.3. The van der Waals surface area contributed by atoms with Crippen molar-refractivity contribution >= 4 is 11.9 Å². The summed E-state index contributed by atoms with van der Waals surface area (Å²) in [6, 6.07) is -0.0433. The number of amides is 1. The average Bonchev–Trinajstić information content (AvgIpc) is 3.14. The summed E-state index contributed by atoms with van der Waals surface area (Å²) in [6.07, 6.45) is -5.09. The maximum absolute atomic E-state index is 14.7. The Labute approximate surface area is 351 Å². The molecule has 0 aromatic heterocycles. The van der Waals surface area contributed by atoms with Gasteiger partial charge < -0.3 is 48.6 Å². The molecule has 0 aromatic carbocycles. The minimum absolute atomic E-state index is 0.159. The minimum atomic E-state index is -0.980. The van der Waals surface area contributed by atoms with Crippen LogP contribution in [0, 0.1) is 40.4 Å². The third-order valence-electron chi connectivity index (χ3n) is 14.5. The van der Waals surface area contributed by atoms with Crippen LogP contribution in [0.2, 0.25) is 0 Å². The van der Waals surface area contributed by atoms with Crippen LogP contribution >= 0.6 is 0 Å². The third kappa shape index (κ3) is 11.1. The second-order valence-corrected chi connectivity index (χ2v) is 20.4. The maximum Gasteiger partial charge on any atom is 0.309 e. The van der Waals surface area contributed by atoms with Gasteiger partial charge in [-0.05, 0) is 78.2 Å². The Balaban J connectivity index is 2.30. The first-order chi connectivity index (χ1) is 26.7. The highest BCUT2D eigenvalue weighted by Gasteiger charge is 2.55. The van der Waals surface area contributed by atoms with E-state index in [0.29, 0.717) is 25.7 Å². The number of esters is 1. The van der Waals surface area contributed by atoms with E-state index in [2.05, 4.69) is 46.4 Å². The highest BCUT2D eigenvalue weighted by Crippen LogP contribution is 2.48. The third-order valence-corrected chi connectivity index (χ3v) is 14.5. The lowest BCUT2D eigenvalue weighted by atomic mass is 9.64. The van der Waals surface area contributed by atoms with Gasteiger partial charge in [0.1, 0.15) is 24.9 Å². The van der Waals surface area contributed by atoms with Gasteiger partial charge in [0.15, 0.2) is 6.29 Å². The first kappa shape index (κ1) is 50.9. The van der Waals surface area contributed by atoms with Crippen LogP contribution in [-0.2, 0) is 38.0 Å². The lowest BCUT2D eigenvalue weighted by Gasteiger charge is -2.52. The molecule has 3 rings (SSSR count). The van der Waals surface area contributed by atoms with E-state index < -0.39 is 101 Å². The summed E-state index contributed by atoms with van der Waals surface area (Å²) in [5.41, 5.74) is -2.51. The molecule has 13 nitrogen and oxygen atoms in total. The molecule has 0 aliphatic carbocycles. The van der Waals surface area contributed by atoms with Gasteiger partial charge in [-0.25, -0.2) is 0 Å². The van der Waals surface area contributed by atoms with Crippen LogP contribution in [0.3, 0.4) is 0 Å². The quantitative estimate of drug-likeness (QED) is 0.245. The van der Waals surface area contributed by atoms with Gasteiger partial charge in [-0.1, -0.05) is 62.3 Å². The fraction of sp³-hybridized carbons (Fsp3) is 0.956. The number of hydrogen-bond acceptors (Lipinski definition) is 12. The van der Waals surface area contributed by atoms with E-state index in [9.17, 15) is 24.9 Å². The zero-order chi connectivity index (χ0) is 44.4. The number of hydrogen-bond donors (Lipinski definition) is 3. The van der Waals surface area contributed by atoms with Crippen molar-refractivity contribution in [2.24, 2.45) is 40.4 Å². The molecule has 3 heterocycles. The second kappa shape index (κ2) is 20.2. The highest BCUT2D eigenvalue weighted by atomic mass is 16.7. The van der Waals surface area contributed by atoms with Gasteiger partial charge in [-0.2, -0.15) is 0 Å². The number of aliphatic hydroxyl groups excluding tert-OH is 3. The molecule has 0 spiro atoms. The Morgan fingerprint density at radius 2 is 1.52 bits per heavy atom. The summed E-state index contributed by atoms with van der Waals surface area (Å²) in [4.78, 5) is 31.3. The van der Waals surface area contributed by atoms with Gasteiger partial charge in [-0.15, -0.1) is 0 Å². The monoisotopic (exact) mass is 829 g/mol. The molecular formula is C45H84N2O11. The number of methoxy groups -OCH3 is 1. The molecule has 13 heteroatoms.